The molecule has 2 aromatic rings. The highest BCUT2D eigenvalue weighted by Gasteiger charge is 2.14. The molecule has 6 heteroatoms. The van der Waals surface area contributed by atoms with E-state index < -0.39 is 0 Å². The van der Waals surface area contributed by atoms with E-state index in [0.29, 0.717) is 18.1 Å². The van der Waals surface area contributed by atoms with Crippen LogP contribution in [-0.4, -0.2) is 15.5 Å². The summed E-state index contributed by atoms with van der Waals surface area (Å²) in [5.41, 5.74) is 1.98. The van der Waals surface area contributed by atoms with Crippen LogP contribution in [-0.2, 0) is 11.3 Å². The zero-order chi connectivity index (χ0) is 15.4. The highest BCUT2D eigenvalue weighted by Crippen LogP contribution is 2.16. The average molecular weight is 279 g/mol. The molecule has 1 amide bonds. The lowest BCUT2D eigenvalue weighted by Crippen LogP contribution is -2.08. The van der Waals surface area contributed by atoms with E-state index in [1.807, 2.05) is 30.3 Å². The van der Waals surface area contributed by atoms with Crippen molar-refractivity contribution in [3.8, 4) is 12.1 Å². The summed E-state index contributed by atoms with van der Waals surface area (Å²) in [5, 5.41) is 20.9. The number of benzene rings is 1. The lowest BCUT2D eigenvalue weighted by molar-refractivity contribution is -0.114. The topological polar surface area (TPSA) is 94.5 Å². The molecule has 0 aliphatic heterocycles. The molecule has 0 saturated heterocycles. The van der Waals surface area contributed by atoms with Crippen molar-refractivity contribution in [2.75, 3.05) is 5.32 Å². The van der Waals surface area contributed by atoms with Crippen LogP contribution in [0.1, 0.15) is 29.7 Å². The van der Waals surface area contributed by atoms with E-state index in [-0.39, 0.29) is 17.3 Å². The Morgan fingerprint density at radius 3 is 2.76 bits per heavy atom. The van der Waals surface area contributed by atoms with E-state index in [2.05, 4.69) is 10.3 Å². The number of nitriles is 2. The molecule has 0 spiro atoms. The van der Waals surface area contributed by atoms with E-state index in [9.17, 15) is 10.1 Å². The Kier molecular flexibility index (Phi) is 4.01. The molecular weight excluding hydrogens is 266 g/mol. The Labute approximate surface area is 122 Å². The van der Waals surface area contributed by atoms with Gasteiger partial charge in [0, 0.05) is 12.6 Å². The molecule has 1 heterocycles. The summed E-state index contributed by atoms with van der Waals surface area (Å²) < 4.78 is 1.69. The van der Waals surface area contributed by atoms with Crippen LogP contribution in [0.4, 0.5) is 5.69 Å². The minimum absolute atomic E-state index is 0.132. The molecule has 1 N–H and O–H groups in total. The number of hydrogen-bond acceptors (Lipinski definition) is 4. The van der Waals surface area contributed by atoms with Crippen molar-refractivity contribution in [3.05, 3.63) is 47.0 Å². The molecule has 0 fully saturated rings. The first-order valence-corrected chi connectivity index (χ1v) is 6.29. The first kappa shape index (κ1) is 14.3. The van der Waals surface area contributed by atoms with Crippen molar-refractivity contribution in [3.63, 3.8) is 0 Å². The van der Waals surface area contributed by atoms with E-state index in [1.165, 1.54) is 6.92 Å². The summed E-state index contributed by atoms with van der Waals surface area (Å²) in [6, 6.07) is 11.3. The zero-order valence-electron chi connectivity index (χ0n) is 11.7. The maximum absolute atomic E-state index is 11.1. The van der Waals surface area contributed by atoms with Crippen LogP contribution in [0, 0.1) is 29.6 Å². The average Bonchev–Trinajstić information content (AvgIpc) is 2.74. The van der Waals surface area contributed by atoms with Crippen LogP contribution in [0.25, 0.3) is 0 Å². The molecule has 0 radical (unpaired) electrons. The highest BCUT2D eigenvalue weighted by molar-refractivity contribution is 5.88. The number of nitrogens with one attached hydrogen (secondary N) is 1. The molecule has 0 aliphatic rings. The van der Waals surface area contributed by atoms with Crippen LogP contribution >= 0.6 is 0 Å². The van der Waals surface area contributed by atoms with E-state index in [4.69, 9.17) is 5.26 Å². The first-order valence-electron chi connectivity index (χ1n) is 6.29. The number of imidazole rings is 1. The molecule has 6 nitrogen and oxygen atoms in total. The number of anilines is 1. The van der Waals surface area contributed by atoms with Crippen LogP contribution in [0.5, 0.6) is 0 Å². The lowest BCUT2D eigenvalue weighted by Gasteiger charge is -2.09. The van der Waals surface area contributed by atoms with E-state index in [0.717, 1.165) is 5.56 Å². The molecule has 0 aliphatic carbocycles. The second kappa shape index (κ2) is 5.89. The van der Waals surface area contributed by atoms with Gasteiger partial charge in [0.15, 0.2) is 11.4 Å². The van der Waals surface area contributed by atoms with Crippen LogP contribution < -0.4 is 5.32 Å². The van der Waals surface area contributed by atoms with Gasteiger partial charge in [-0.1, -0.05) is 12.1 Å². The third-order valence-electron chi connectivity index (χ3n) is 2.96. The van der Waals surface area contributed by atoms with Crippen LogP contribution in [0.2, 0.25) is 0 Å². The molecule has 2 rings (SSSR count). The van der Waals surface area contributed by atoms with Gasteiger partial charge in [0.05, 0.1) is 6.54 Å². The summed E-state index contributed by atoms with van der Waals surface area (Å²) in [4.78, 5) is 15.2. The van der Waals surface area contributed by atoms with Crippen molar-refractivity contribution in [2.45, 2.75) is 20.4 Å². The summed E-state index contributed by atoms with van der Waals surface area (Å²) in [7, 11) is 0. The molecule has 0 atom stereocenters. The first-order chi connectivity index (χ1) is 10.0. The maximum Gasteiger partial charge on any atom is 0.221 e. The van der Waals surface area contributed by atoms with Crippen molar-refractivity contribution >= 4 is 11.6 Å². The second-order valence-electron chi connectivity index (χ2n) is 4.55. The van der Waals surface area contributed by atoms with Gasteiger partial charge in [0.1, 0.15) is 18.0 Å². The van der Waals surface area contributed by atoms with Gasteiger partial charge in [0.25, 0.3) is 0 Å². The van der Waals surface area contributed by atoms with Crippen LogP contribution in [0.15, 0.2) is 24.3 Å². The molecule has 0 saturated carbocycles. The zero-order valence-corrected chi connectivity index (χ0v) is 11.7. The number of rotatable bonds is 3. The third kappa shape index (κ3) is 3.07. The van der Waals surface area contributed by atoms with Gasteiger partial charge in [-0.25, -0.2) is 4.98 Å². The van der Waals surface area contributed by atoms with E-state index in [1.54, 1.807) is 17.6 Å². The van der Waals surface area contributed by atoms with Crippen molar-refractivity contribution in [2.24, 2.45) is 0 Å². The number of nitrogens with zero attached hydrogens (tertiary/aromatic N) is 4. The Bertz CT molecular complexity index is 776. The fourth-order valence-electron chi connectivity index (χ4n) is 2.08. The number of carbonyl (C=O) groups excluding carboxylic acids is 1. The van der Waals surface area contributed by atoms with Gasteiger partial charge >= 0.3 is 0 Å². The van der Waals surface area contributed by atoms with Gasteiger partial charge in [0.2, 0.25) is 5.91 Å². The molecule has 1 aromatic heterocycles. The molecule has 0 unspecified atom stereocenters. The van der Waals surface area contributed by atoms with Crippen LogP contribution in [0.3, 0.4) is 0 Å². The highest BCUT2D eigenvalue weighted by atomic mass is 16.1. The summed E-state index contributed by atoms with van der Waals surface area (Å²) in [6.07, 6.45) is 0. The van der Waals surface area contributed by atoms with Crippen molar-refractivity contribution < 1.29 is 4.79 Å². The summed E-state index contributed by atoms with van der Waals surface area (Å²) in [6.45, 7) is 3.61. The minimum atomic E-state index is -0.143. The van der Waals surface area contributed by atoms with Gasteiger partial charge in [-0.2, -0.15) is 10.5 Å². The Hall–Kier alpha value is -3.12. The predicted octanol–water partition coefficient (Wildman–Crippen LogP) is 1.94. The third-order valence-corrected chi connectivity index (χ3v) is 2.96. The number of aryl methyl sites for hydroxylation is 1. The maximum atomic E-state index is 11.1. The molecule has 0 bridgehead atoms. The summed E-state index contributed by atoms with van der Waals surface area (Å²) in [5.74, 6) is 0.462. The van der Waals surface area contributed by atoms with Crippen molar-refractivity contribution in [1.82, 2.24) is 9.55 Å². The molecule has 21 heavy (non-hydrogen) atoms. The molecule has 104 valence electrons. The van der Waals surface area contributed by atoms with E-state index >= 15 is 0 Å². The predicted molar refractivity (Wildman–Crippen MR) is 76.2 cm³/mol. The fraction of sp³-hybridized carbons (Fsp3) is 0.200. The van der Waals surface area contributed by atoms with Gasteiger partial charge in [-0.05, 0) is 24.6 Å². The standard InChI is InChI=1S/C15H13N5O/c1-10-18-14(7-16)15(8-17)20(10)9-12-4-3-5-13(6-12)19-11(2)21/h3-6H,9H2,1-2H3,(H,19,21). The monoisotopic (exact) mass is 279 g/mol. The number of carbonyl (C=O) groups is 1. The molecular formula is C15H13N5O. The Morgan fingerprint density at radius 2 is 2.14 bits per heavy atom. The van der Waals surface area contributed by atoms with Gasteiger partial charge in [-0.3, -0.25) is 4.79 Å². The van der Waals surface area contributed by atoms with Gasteiger partial charge in [-0.15, -0.1) is 0 Å². The normalized spacial score (nSPS) is 9.71. The largest absolute Gasteiger partial charge is 0.326 e. The second-order valence-corrected chi connectivity index (χ2v) is 4.55. The SMILES string of the molecule is CC(=O)Nc1cccc(Cn2c(C)nc(C#N)c2C#N)c1. The quantitative estimate of drug-likeness (QED) is 0.928. The summed E-state index contributed by atoms with van der Waals surface area (Å²) >= 11 is 0. The smallest absolute Gasteiger partial charge is 0.221 e. The number of amides is 1. The Balaban J connectivity index is 2.35. The fourth-order valence-corrected chi connectivity index (χ4v) is 2.08. The lowest BCUT2D eigenvalue weighted by atomic mass is 10.2. The molecule has 1 aromatic carbocycles. The number of aromatic nitrogens is 2. The minimum Gasteiger partial charge on any atom is -0.326 e. The van der Waals surface area contributed by atoms with Crippen molar-refractivity contribution in [1.29, 1.82) is 10.5 Å². The Morgan fingerprint density at radius 1 is 1.38 bits per heavy atom. The van der Waals surface area contributed by atoms with Gasteiger partial charge < -0.3 is 9.88 Å². The number of hydrogen-bond donors (Lipinski definition) is 1.